The molecule has 6 nitrogen and oxygen atoms in total. The van der Waals surface area contributed by atoms with E-state index in [1.807, 2.05) is 6.92 Å². The molecule has 0 bridgehead atoms. The number of carbonyl (C=O) groups excluding carboxylic acids is 1. The van der Waals surface area contributed by atoms with Gasteiger partial charge in [0.25, 0.3) is 11.6 Å². The minimum atomic E-state index is -0.455. The first kappa shape index (κ1) is 14.5. The van der Waals surface area contributed by atoms with E-state index in [-0.39, 0.29) is 30.8 Å². The second kappa shape index (κ2) is 6.00. The third kappa shape index (κ3) is 2.96. The Morgan fingerprint density at radius 1 is 1.50 bits per heavy atom. The maximum Gasteiger partial charge on any atom is 0.273 e. The van der Waals surface area contributed by atoms with E-state index in [0.717, 1.165) is 12.8 Å². The SMILES string of the molecule is CCc1ccc(C(=O)N(CCO)C2CC2)cc1[N+](=O)[O-]. The van der Waals surface area contributed by atoms with Gasteiger partial charge in [0.1, 0.15) is 0 Å². The zero-order valence-electron chi connectivity index (χ0n) is 11.4. The van der Waals surface area contributed by atoms with Gasteiger partial charge in [-0.15, -0.1) is 0 Å². The molecular weight excluding hydrogens is 260 g/mol. The molecule has 0 aliphatic heterocycles. The fourth-order valence-electron chi connectivity index (χ4n) is 2.28. The minimum absolute atomic E-state index is 0.0157. The fourth-order valence-corrected chi connectivity index (χ4v) is 2.28. The molecule has 0 spiro atoms. The molecule has 0 unspecified atom stereocenters. The predicted molar refractivity (Wildman–Crippen MR) is 73.6 cm³/mol. The van der Waals surface area contributed by atoms with E-state index in [2.05, 4.69) is 0 Å². The van der Waals surface area contributed by atoms with E-state index in [4.69, 9.17) is 5.11 Å². The second-order valence-corrected chi connectivity index (χ2v) is 4.91. The van der Waals surface area contributed by atoms with Crippen molar-refractivity contribution in [2.45, 2.75) is 32.2 Å². The Balaban J connectivity index is 2.29. The van der Waals surface area contributed by atoms with E-state index in [1.165, 1.54) is 6.07 Å². The van der Waals surface area contributed by atoms with Crippen LogP contribution in [0.2, 0.25) is 0 Å². The summed E-state index contributed by atoms with van der Waals surface area (Å²) in [5.74, 6) is -0.243. The summed E-state index contributed by atoms with van der Waals surface area (Å²) >= 11 is 0. The topological polar surface area (TPSA) is 83.7 Å². The number of aliphatic hydroxyl groups excluding tert-OH is 1. The number of aliphatic hydroxyl groups is 1. The van der Waals surface area contributed by atoms with Gasteiger partial charge in [-0.2, -0.15) is 0 Å². The highest BCUT2D eigenvalue weighted by Gasteiger charge is 2.33. The van der Waals surface area contributed by atoms with Crippen LogP contribution in [0.1, 0.15) is 35.7 Å². The smallest absolute Gasteiger partial charge is 0.273 e. The molecule has 1 N–H and O–H groups in total. The lowest BCUT2D eigenvalue weighted by Gasteiger charge is -2.21. The summed E-state index contributed by atoms with van der Waals surface area (Å²) in [6.07, 6.45) is 2.41. The summed E-state index contributed by atoms with van der Waals surface area (Å²) in [4.78, 5) is 24.6. The lowest BCUT2D eigenvalue weighted by atomic mass is 10.1. The number of benzene rings is 1. The average Bonchev–Trinajstić information content (AvgIpc) is 3.27. The molecule has 2 rings (SSSR count). The number of nitro groups is 1. The summed E-state index contributed by atoms with van der Waals surface area (Å²) in [6, 6.07) is 4.77. The van der Waals surface area contributed by atoms with Gasteiger partial charge < -0.3 is 10.0 Å². The van der Waals surface area contributed by atoms with Crippen molar-refractivity contribution in [2.24, 2.45) is 0 Å². The molecule has 0 aromatic heterocycles. The molecule has 1 aliphatic rings. The van der Waals surface area contributed by atoms with E-state index < -0.39 is 4.92 Å². The summed E-state index contributed by atoms with van der Waals surface area (Å²) in [5, 5.41) is 20.1. The molecule has 108 valence electrons. The van der Waals surface area contributed by atoms with Crippen LogP contribution >= 0.6 is 0 Å². The number of carbonyl (C=O) groups is 1. The lowest BCUT2D eigenvalue weighted by molar-refractivity contribution is -0.385. The highest BCUT2D eigenvalue weighted by Crippen LogP contribution is 2.29. The van der Waals surface area contributed by atoms with Gasteiger partial charge in [-0.25, -0.2) is 0 Å². The van der Waals surface area contributed by atoms with E-state index in [1.54, 1.807) is 17.0 Å². The third-order valence-corrected chi connectivity index (χ3v) is 3.50. The zero-order chi connectivity index (χ0) is 14.7. The van der Waals surface area contributed by atoms with Crippen LogP contribution in [-0.2, 0) is 6.42 Å². The van der Waals surface area contributed by atoms with Crippen molar-refractivity contribution < 1.29 is 14.8 Å². The lowest BCUT2D eigenvalue weighted by Crippen LogP contribution is -2.35. The molecule has 1 aromatic carbocycles. The Hall–Kier alpha value is -1.95. The Morgan fingerprint density at radius 2 is 2.20 bits per heavy atom. The number of rotatable bonds is 6. The number of nitro benzene ring substituents is 1. The first-order chi connectivity index (χ1) is 9.58. The van der Waals surface area contributed by atoms with Gasteiger partial charge in [0, 0.05) is 29.8 Å². The molecule has 1 saturated carbocycles. The van der Waals surface area contributed by atoms with Gasteiger partial charge in [-0.3, -0.25) is 14.9 Å². The normalized spacial score (nSPS) is 14.1. The number of hydrogen-bond acceptors (Lipinski definition) is 4. The molecule has 1 aromatic rings. The number of aryl methyl sites for hydroxylation is 1. The van der Waals surface area contributed by atoms with Crippen molar-refractivity contribution in [3.8, 4) is 0 Å². The van der Waals surface area contributed by atoms with Crippen molar-refractivity contribution in [3.63, 3.8) is 0 Å². The molecule has 1 aliphatic carbocycles. The molecule has 1 fully saturated rings. The Kier molecular flexibility index (Phi) is 4.34. The van der Waals surface area contributed by atoms with Crippen molar-refractivity contribution in [1.29, 1.82) is 0 Å². The molecule has 20 heavy (non-hydrogen) atoms. The quantitative estimate of drug-likeness (QED) is 0.634. The molecule has 1 amide bonds. The third-order valence-electron chi connectivity index (χ3n) is 3.50. The van der Waals surface area contributed by atoms with Gasteiger partial charge >= 0.3 is 0 Å². The van der Waals surface area contributed by atoms with E-state index >= 15 is 0 Å². The van der Waals surface area contributed by atoms with Gasteiger partial charge in [0.15, 0.2) is 0 Å². The predicted octanol–water partition coefficient (Wildman–Crippen LogP) is 1.75. The minimum Gasteiger partial charge on any atom is -0.395 e. The molecule has 0 radical (unpaired) electrons. The summed E-state index contributed by atoms with van der Waals surface area (Å²) in [6.45, 7) is 2.01. The average molecular weight is 278 g/mol. The maximum absolute atomic E-state index is 12.4. The van der Waals surface area contributed by atoms with E-state index in [9.17, 15) is 14.9 Å². The van der Waals surface area contributed by atoms with Crippen molar-refractivity contribution >= 4 is 11.6 Å². The Morgan fingerprint density at radius 3 is 2.70 bits per heavy atom. The number of nitrogens with zero attached hydrogens (tertiary/aromatic N) is 2. The van der Waals surface area contributed by atoms with E-state index in [0.29, 0.717) is 17.5 Å². The first-order valence-electron chi connectivity index (χ1n) is 6.77. The largest absolute Gasteiger partial charge is 0.395 e. The van der Waals surface area contributed by atoms with Crippen LogP contribution in [0.25, 0.3) is 0 Å². The first-order valence-corrected chi connectivity index (χ1v) is 6.77. The molecule has 6 heteroatoms. The number of hydrogen-bond donors (Lipinski definition) is 1. The van der Waals surface area contributed by atoms with Crippen LogP contribution < -0.4 is 0 Å². The van der Waals surface area contributed by atoms with Crippen molar-refractivity contribution in [3.05, 3.63) is 39.4 Å². The summed E-state index contributed by atoms with van der Waals surface area (Å²) in [5.41, 5.74) is 0.916. The van der Waals surface area contributed by atoms with Gasteiger partial charge in [0.2, 0.25) is 0 Å². The Labute approximate surface area is 117 Å². The molecule has 0 atom stereocenters. The highest BCUT2D eigenvalue weighted by atomic mass is 16.6. The van der Waals surface area contributed by atoms with Crippen LogP contribution in [0.5, 0.6) is 0 Å². The molecular formula is C14H18N2O4. The maximum atomic E-state index is 12.4. The van der Waals surface area contributed by atoms with Crippen LogP contribution in [0, 0.1) is 10.1 Å². The zero-order valence-corrected chi connectivity index (χ0v) is 11.4. The van der Waals surface area contributed by atoms with Crippen LogP contribution in [-0.4, -0.2) is 40.0 Å². The van der Waals surface area contributed by atoms with Crippen LogP contribution in [0.4, 0.5) is 5.69 Å². The Bertz CT molecular complexity index is 526. The van der Waals surface area contributed by atoms with Gasteiger partial charge in [0.05, 0.1) is 11.5 Å². The van der Waals surface area contributed by atoms with Crippen LogP contribution in [0.15, 0.2) is 18.2 Å². The summed E-state index contributed by atoms with van der Waals surface area (Å²) < 4.78 is 0. The summed E-state index contributed by atoms with van der Waals surface area (Å²) in [7, 11) is 0. The highest BCUT2D eigenvalue weighted by molar-refractivity contribution is 5.95. The second-order valence-electron chi connectivity index (χ2n) is 4.91. The molecule has 0 saturated heterocycles. The van der Waals surface area contributed by atoms with Crippen molar-refractivity contribution in [1.82, 2.24) is 4.90 Å². The van der Waals surface area contributed by atoms with Gasteiger partial charge in [-0.05, 0) is 25.3 Å². The monoisotopic (exact) mass is 278 g/mol. The molecule has 0 heterocycles. The van der Waals surface area contributed by atoms with Gasteiger partial charge in [-0.1, -0.05) is 13.0 Å². The fraction of sp³-hybridized carbons (Fsp3) is 0.500. The van der Waals surface area contributed by atoms with Crippen molar-refractivity contribution in [2.75, 3.05) is 13.2 Å². The standard InChI is InChI=1S/C14H18N2O4/c1-2-10-3-4-11(9-13(10)16(19)20)14(18)15(7-8-17)12-5-6-12/h3-4,9,12,17H,2,5-8H2,1H3. The number of amides is 1. The van der Waals surface area contributed by atoms with Crippen LogP contribution in [0.3, 0.4) is 0 Å².